The number of benzene rings is 2. The van der Waals surface area contributed by atoms with Crippen LogP contribution in [-0.2, 0) is 6.54 Å². The summed E-state index contributed by atoms with van der Waals surface area (Å²) in [5.41, 5.74) is 0.969. The normalized spacial score (nSPS) is 23.3. The quantitative estimate of drug-likeness (QED) is 0.381. The van der Waals surface area contributed by atoms with Crippen molar-refractivity contribution in [2.45, 2.75) is 70.4 Å². The van der Waals surface area contributed by atoms with Crippen LogP contribution in [0.2, 0.25) is 0 Å². The zero-order valence-electron chi connectivity index (χ0n) is 22.2. The number of hydrogen-bond acceptors (Lipinski definition) is 6. The molecule has 1 amide bonds. The Morgan fingerprint density at radius 1 is 1.16 bits per heavy atom. The summed E-state index contributed by atoms with van der Waals surface area (Å²) in [7, 11) is 1.55. The van der Waals surface area contributed by atoms with Crippen LogP contribution >= 0.6 is 0 Å². The van der Waals surface area contributed by atoms with Gasteiger partial charge in [0.05, 0.1) is 7.11 Å². The van der Waals surface area contributed by atoms with Gasteiger partial charge in [-0.15, -0.1) is 0 Å². The number of hydrogen-bond donors (Lipinski definition) is 1. The average molecular weight is 518 g/mol. The van der Waals surface area contributed by atoms with Gasteiger partial charge in [0.25, 0.3) is 5.91 Å². The molecule has 1 saturated carbocycles. The van der Waals surface area contributed by atoms with Gasteiger partial charge in [0.15, 0.2) is 17.7 Å². The first-order chi connectivity index (χ1) is 18.3. The standard InChI is InChI=1S/C30H35N3O5/c1-30(2)37-27-15-22(14-26(36-3)28(27)38-30)29(34)32(17-23-12-20-9-6-7-11-25(20)31-23)18-24-13-19-8-4-5-10-21(19)16-33(24)35/h4-5,8,10,13-16,20,23,25,31H,6-7,9,11-12,17-18H2,1-3H3/t20-,23-,25-/m0/s1. The third kappa shape index (κ3) is 4.73. The summed E-state index contributed by atoms with van der Waals surface area (Å²) in [5, 5.41) is 18.6. The van der Waals surface area contributed by atoms with E-state index in [1.807, 2.05) is 44.2 Å². The predicted molar refractivity (Wildman–Crippen MR) is 143 cm³/mol. The molecule has 1 saturated heterocycles. The fourth-order valence-corrected chi connectivity index (χ4v) is 6.32. The maximum Gasteiger partial charge on any atom is 0.254 e. The fourth-order valence-electron chi connectivity index (χ4n) is 6.32. The molecule has 6 rings (SSSR count). The highest BCUT2D eigenvalue weighted by Crippen LogP contribution is 2.47. The Morgan fingerprint density at radius 2 is 1.95 bits per heavy atom. The Labute approximate surface area is 223 Å². The molecule has 3 aromatic rings. The number of methoxy groups -OCH3 is 1. The minimum atomic E-state index is -0.847. The molecule has 3 heterocycles. The molecule has 0 radical (unpaired) electrons. The zero-order valence-corrected chi connectivity index (χ0v) is 22.2. The molecule has 1 aliphatic carbocycles. The number of carbonyl (C=O) groups is 1. The molecule has 2 aliphatic heterocycles. The van der Waals surface area contributed by atoms with Gasteiger partial charge in [-0.25, -0.2) is 0 Å². The molecule has 2 fully saturated rings. The van der Waals surface area contributed by atoms with E-state index in [0.717, 1.165) is 21.9 Å². The molecule has 0 spiro atoms. The number of fused-ring (bicyclic) bond motifs is 3. The van der Waals surface area contributed by atoms with Crippen molar-refractivity contribution in [3.05, 3.63) is 65.1 Å². The minimum absolute atomic E-state index is 0.177. The lowest BCUT2D eigenvalue weighted by Crippen LogP contribution is -2.45. The molecular formula is C30H35N3O5. The maximum atomic E-state index is 14.1. The molecule has 38 heavy (non-hydrogen) atoms. The summed E-state index contributed by atoms with van der Waals surface area (Å²) in [4.78, 5) is 15.9. The lowest BCUT2D eigenvalue weighted by atomic mass is 9.85. The van der Waals surface area contributed by atoms with Crippen molar-refractivity contribution in [3.8, 4) is 17.2 Å². The number of carbonyl (C=O) groups excluding carboxylic acids is 1. The molecule has 2 aromatic carbocycles. The molecule has 0 unspecified atom stereocenters. The van der Waals surface area contributed by atoms with Gasteiger partial charge >= 0.3 is 0 Å². The van der Waals surface area contributed by atoms with E-state index < -0.39 is 5.79 Å². The van der Waals surface area contributed by atoms with Crippen LogP contribution in [-0.4, -0.2) is 42.3 Å². The summed E-state index contributed by atoms with van der Waals surface area (Å²) in [6.07, 6.45) is 7.59. The van der Waals surface area contributed by atoms with Crippen molar-refractivity contribution < 1.29 is 23.7 Å². The van der Waals surface area contributed by atoms with E-state index in [9.17, 15) is 10.0 Å². The van der Waals surface area contributed by atoms with Crippen molar-refractivity contribution in [2.75, 3.05) is 13.7 Å². The SMILES string of the molecule is COc1cc(C(=O)N(Cc2cc3ccccc3c[n+]2[O-])C[C@@H]2C[C@@H]3CCCC[C@@H]3N2)cc2c1OC(C)(C)O2. The van der Waals surface area contributed by atoms with Crippen LogP contribution in [0.5, 0.6) is 17.2 Å². The van der Waals surface area contributed by atoms with E-state index in [1.165, 1.54) is 25.7 Å². The van der Waals surface area contributed by atoms with Crippen LogP contribution in [0.25, 0.3) is 10.8 Å². The van der Waals surface area contributed by atoms with Crippen LogP contribution < -0.4 is 24.3 Å². The van der Waals surface area contributed by atoms with E-state index in [1.54, 1.807) is 30.3 Å². The zero-order chi connectivity index (χ0) is 26.4. The number of pyridine rings is 1. The molecule has 3 atom stereocenters. The fraction of sp³-hybridized carbons (Fsp3) is 0.467. The third-order valence-corrected chi connectivity index (χ3v) is 8.08. The van der Waals surface area contributed by atoms with Crippen molar-refractivity contribution in [1.29, 1.82) is 0 Å². The number of amides is 1. The lowest BCUT2D eigenvalue weighted by Gasteiger charge is -2.26. The van der Waals surface area contributed by atoms with E-state index in [-0.39, 0.29) is 18.5 Å². The molecule has 1 aromatic heterocycles. The van der Waals surface area contributed by atoms with E-state index in [2.05, 4.69) is 5.32 Å². The second-order valence-electron chi connectivity index (χ2n) is 11.3. The van der Waals surface area contributed by atoms with Crippen LogP contribution in [0.4, 0.5) is 0 Å². The molecule has 1 N–H and O–H groups in total. The Bertz CT molecular complexity index is 1360. The van der Waals surface area contributed by atoms with Gasteiger partial charge < -0.3 is 29.6 Å². The first-order valence-corrected chi connectivity index (χ1v) is 13.6. The summed E-state index contributed by atoms with van der Waals surface area (Å²) in [6, 6.07) is 13.8. The summed E-state index contributed by atoms with van der Waals surface area (Å²) < 4.78 is 18.3. The van der Waals surface area contributed by atoms with Gasteiger partial charge in [-0.1, -0.05) is 31.0 Å². The smallest absolute Gasteiger partial charge is 0.254 e. The van der Waals surface area contributed by atoms with Gasteiger partial charge in [0.2, 0.25) is 17.2 Å². The lowest BCUT2D eigenvalue weighted by molar-refractivity contribution is -0.613. The Balaban J connectivity index is 1.33. The Hall–Kier alpha value is -3.52. The number of aromatic nitrogens is 1. The van der Waals surface area contributed by atoms with E-state index >= 15 is 0 Å². The van der Waals surface area contributed by atoms with Gasteiger partial charge in [-0.05, 0) is 48.8 Å². The van der Waals surface area contributed by atoms with E-state index in [0.29, 0.717) is 47.0 Å². The van der Waals surface area contributed by atoms with Gasteiger partial charge in [0.1, 0.15) is 6.54 Å². The molecule has 8 nitrogen and oxygen atoms in total. The number of ether oxygens (including phenoxy) is 3. The Kier molecular flexibility index (Phi) is 6.30. The second-order valence-corrected chi connectivity index (χ2v) is 11.3. The largest absolute Gasteiger partial charge is 0.618 e. The highest BCUT2D eigenvalue weighted by atomic mass is 16.7. The van der Waals surface area contributed by atoms with Crippen molar-refractivity contribution >= 4 is 16.7 Å². The van der Waals surface area contributed by atoms with Gasteiger partial charge in [-0.3, -0.25) is 4.79 Å². The van der Waals surface area contributed by atoms with E-state index in [4.69, 9.17) is 14.2 Å². The first-order valence-electron chi connectivity index (χ1n) is 13.6. The molecule has 3 aliphatic rings. The number of nitrogens with one attached hydrogen (secondary N) is 1. The van der Waals surface area contributed by atoms with Crippen molar-refractivity contribution in [3.63, 3.8) is 0 Å². The van der Waals surface area contributed by atoms with Crippen LogP contribution in [0.1, 0.15) is 62.0 Å². The minimum Gasteiger partial charge on any atom is -0.618 e. The highest BCUT2D eigenvalue weighted by molar-refractivity contribution is 5.96. The van der Waals surface area contributed by atoms with Gasteiger partial charge in [0, 0.05) is 49.5 Å². The van der Waals surface area contributed by atoms with Crippen LogP contribution in [0.3, 0.4) is 0 Å². The summed E-state index contributed by atoms with van der Waals surface area (Å²) in [5.74, 6) is 1.06. The summed E-state index contributed by atoms with van der Waals surface area (Å²) >= 11 is 0. The topological polar surface area (TPSA) is 87.0 Å². The maximum absolute atomic E-state index is 14.1. The first kappa shape index (κ1) is 24.8. The number of rotatable bonds is 6. The predicted octanol–water partition coefficient (Wildman–Crippen LogP) is 4.55. The van der Waals surface area contributed by atoms with Gasteiger partial charge in [-0.2, -0.15) is 4.73 Å². The van der Waals surface area contributed by atoms with Crippen LogP contribution in [0.15, 0.2) is 48.7 Å². The van der Waals surface area contributed by atoms with Crippen LogP contribution in [0, 0.1) is 11.1 Å². The molecular weight excluding hydrogens is 482 g/mol. The molecule has 8 heteroatoms. The number of nitrogens with zero attached hydrogens (tertiary/aromatic N) is 2. The third-order valence-electron chi connectivity index (χ3n) is 8.08. The Morgan fingerprint density at radius 3 is 2.74 bits per heavy atom. The van der Waals surface area contributed by atoms with Crippen molar-refractivity contribution in [2.24, 2.45) is 5.92 Å². The van der Waals surface area contributed by atoms with Crippen molar-refractivity contribution in [1.82, 2.24) is 10.2 Å². The average Bonchev–Trinajstić information content (AvgIpc) is 3.45. The monoisotopic (exact) mass is 517 g/mol. The molecule has 0 bridgehead atoms. The molecule has 200 valence electrons. The second kappa shape index (κ2) is 9.66. The summed E-state index contributed by atoms with van der Waals surface area (Å²) in [6.45, 7) is 4.35. The highest BCUT2D eigenvalue weighted by Gasteiger charge is 2.38.